The Kier molecular flexibility index (Phi) is 7.92. The van der Waals surface area contributed by atoms with E-state index in [2.05, 4.69) is 23.0 Å². The number of piperazine rings is 1. The third-order valence-corrected chi connectivity index (χ3v) is 8.57. The number of carboxylic acid groups (broad SMARTS) is 1. The van der Waals surface area contributed by atoms with Gasteiger partial charge in [0, 0.05) is 37.1 Å². The van der Waals surface area contributed by atoms with E-state index in [4.69, 9.17) is 19.4 Å². The molecule has 228 valence electrons. The van der Waals surface area contributed by atoms with Gasteiger partial charge in [0.1, 0.15) is 23.7 Å². The molecule has 2 aliphatic rings. The molecule has 0 spiro atoms. The first-order valence-electron chi connectivity index (χ1n) is 14.6. The maximum absolute atomic E-state index is 14.4. The van der Waals surface area contributed by atoms with Crippen LogP contribution in [0.15, 0.2) is 41.2 Å². The zero-order valence-corrected chi connectivity index (χ0v) is 24.9. The summed E-state index contributed by atoms with van der Waals surface area (Å²) in [5.41, 5.74) is 0.590. The lowest BCUT2D eigenvalue weighted by Crippen LogP contribution is -2.55. The van der Waals surface area contributed by atoms with Crippen molar-refractivity contribution < 1.29 is 19.4 Å². The first kappa shape index (κ1) is 29.1. The molecule has 4 aromatic rings. The van der Waals surface area contributed by atoms with Gasteiger partial charge in [0.15, 0.2) is 11.3 Å². The van der Waals surface area contributed by atoms with E-state index in [0.717, 1.165) is 30.2 Å². The zero-order chi connectivity index (χ0) is 31.0. The molecule has 0 bridgehead atoms. The molecule has 2 aliphatic heterocycles. The van der Waals surface area contributed by atoms with Crippen molar-refractivity contribution in [2.75, 3.05) is 51.8 Å². The predicted molar refractivity (Wildman–Crippen MR) is 164 cm³/mol. The van der Waals surface area contributed by atoms with Crippen molar-refractivity contribution >= 4 is 33.7 Å². The van der Waals surface area contributed by atoms with Crippen molar-refractivity contribution in [3.05, 3.63) is 52.6 Å². The van der Waals surface area contributed by atoms with E-state index in [1.54, 1.807) is 20.1 Å². The number of nitrogens with zero attached hydrogens (tertiary/aromatic N) is 8. The van der Waals surface area contributed by atoms with Crippen LogP contribution in [0.25, 0.3) is 27.5 Å². The summed E-state index contributed by atoms with van der Waals surface area (Å²) in [6, 6.07) is 13.2. The smallest absolute Gasteiger partial charge is 0.407 e. The van der Waals surface area contributed by atoms with Crippen molar-refractivity contribution in [3.63, 3.8) is 0 Å². The Hall–Kier alpha value is -4.96. The molecule has 6 rings (SSSR count). The molecule has 0 aliphatic carbocycles. The minimum absolute atomic E-state index is 0.0192. The van der Waals surface area contributed by atoms with Crippen LogP contribution in [-0.2, 0) is 0 Å². The van der Waals surface area contributed by atoms with Gasteiger partial charge in [-0.15, -0.1) is 0 Å². The maximum atomic E-state index is 14.4. The highest BCUT2D eigenvalue weighted by molar-refractivity contribution is 5.92. The molecule has 13 heteroatoms. The highest BCUT2D eigenvalue weighted by Crippen LogP contribution is 2.31. The molecule has 13 nitrogen and oxygen atoms in total. The largest absolute Gasteiger partial charge is 0.497 e. The number of aryl methyl sites for hydroxylation is 1. The van der Waals surface area contributed by atoms with Gasteiger partial charge < -0.3 is 29.3 Å². The molecule has 4 heterocycles. The van der Waals surface area contributed by atoms with Gasteiger partial charge in [0.2, 0.25) is 0 Å². The number of benzene rings is 2. The molecule has 2 saturated heterocycles. The highest BCUT2D eigenvalue weighted by Gasteiger charge is 2.33. The first-order chi connectivity index (χ1) is 21.3. The lowest BCUT2D eigenvalue weighted by atomic mass is 10.1. The van der Waals surface area contributed by atoms with Crippen LogP contribution in [0.5, 0.6) is 11.8 Å². The minimum atomic E-state index is -1.08. The van der Waals surface area contributed by atoms with E-state index in [1.165, 1.54) is 9.47 Å². The van der Waals surface area contributed by atoms with E-state index in [0.29, 0.717) is 41.7 Å². The fourth-order valence-electron chi connectivity index (χ4n) is 6.22. The van der Waals surface area contributed by atoms with Crippen LogP contribution in [0, 0.1) is 18.3 Å². The summed E-state index contributed by atoms with van der Waals surface area (Å²) in [7, 11) is 3.63. The normalized spacial score (nSPS) is 19.0. The monoisotopic (exact) mass is 598 g/mol. The minimum Gasteiger partial charge on any atom is -0.497 e. The number of aromatic nitrogens is 4. The van der Waals surface area contributed by atoms with Gasteiger partial charge in [-0.1, -0.05) is 24.3 Å². The summed E-state index contributed by atoms with van der Waals surface area (Å²) in [4.78, 5) is 45.8. The van der Waals surface area contributed by atoms with Crippen LogP contribution in [0.4, 0.5) is 10.6 Å². The quantitative estimate of drug-likeness (QED) is 0.334. The molecule has 2 atom stereocenters. The molecule has 2 aromatic heterocycles. The second kappa shape index (κ2) is 12.0. The molecule has 44 heavy (non-hydrogen) atoms. The lowest BCUT2D eigenvalue weighted by molar-refractivity contribution is 0.119. The van der Waals surface area contributed by atoms with E-state index in [1.807, 2.05) is 35.2 Å². The van der Waals surface area contributed by atoms with Crippen LogP contribution in [-0.4, -0.2) is 99.5 Å². The van der Waals surface area contributed by atoms with Gasteiger partial charge in [0.05, 0.1) is 31.3 Å². The predicted octanol–water partition coefficient (Wildman–Crippen LogP) is 3.20. The second-order valence-electron chi connectivity index (χ2n) is 11.2. The summed E-state index contributed by atoms with van der Waals surface area (Å²) in [6.45, 7) is 3.77. The van der Waals surface area contributed by atoms with E-state index < -0.39 is 17.7 Å². The number of amides is 1. The summed E-state index contributed by atoms with van der Waals surface area (Å²) in [5, 5.41) is 20.9. The highest BCUT2D eigenvalue weighted by atomic mass is 16.5. The summed E-state index contributed by atoms with van der Waals surface area (Å²) < 4.78 is 13.2. The number of nitriles is 1. The molecule has 2 aromatic carbocycles. The number of rotatable bonds is 7. The number of likely N-dealkylation sites (N-methyl/N-ethyl adjacent to an activating group) is 1. The fourth-order valence-corrected chi connectivity index (χ4v) is 6.22. The Morgan fingerprint density at radius 2 is 1.93 bits per heavy atom. The van der Waals surface area contributed by atoms with Gasteiger partial charge in [-0.25, -0.2) is 9.78 Å². The Labute approximate surface area is 253 Å². The molecule has 2 fully saturated rings. The Morgan fingerprint density at radius 1 is 1.11 bits per heavy atom. The van der Waals surface area contributed by atoms with Gasteiger partial charge in [-0.05, 0) is 44.8 Å². The fraction of sp³-hybridized carbons (Fsp3) is 0.419. The van der Waals surface area contributed by atoms with Crippen LogP contribution in [0.3, 0.4) is 0 Å². The second-order valence-corrected chi connectivity index (χ2v) is 11.2. The third kappa shape index (κ3) is 5.33. The number of carbonyl (C=O) groups is 1. The van der Waals surface area contributed by atoms with Crippen molar-refractivity contribution in [2.45, 2.75) is 38.3 Å². The third-order valence-electron chi connectivity index (χ3n) is 8.57. The van der Waals surface area contributed by atoms with Crippen molar-refractivity contribution in [3.8, 4) is 23.5 Å². The number of anilines is 1. The summed E-state index contributed by atoms with van der Waals surface area (Å²) in [6.07, 6.45) is 1.00. The molecular weight excluding hydrogens is 564 g/mol. The molecule has 1 amide bonds. The molecule has 2 unspecified atom stereocenters. The van der Waals surface area contributed by atoms with E-state index in [-0.39, 0.29) is 37.1 Å². The lowest BCUT2D eigenvalue weighted by Gasteiger charge is -2.39. The average Bonchev–Trinajstić information content (AvgIpc) is 3.44. The molecule has 1 N–H and O–H groups in total. The number of methoxy groups -OCH3 is 1. The van der Waals surface area contributed by atoms with Crippen LogP contribution >= 0.6 is 0 Å². The Balaban J connectivity index is 1.51. The number of hydrogen-bond donors (Lipinski definition) is 1. The van der Waals surface area contributed by atoms with Crippen LogP contribution in [0.2, 0.25) is 0 Å². The Morgan fingerprint density at radius 3 is 2.66 bits per heavy atom. The Bertz CT molecular complexity index is 1840. The zero-order valence-electron chi connectivity index (χ0n) is 24.9. The van der Waals surface area contributed by atoms with Crippen molar-refractivity contribution in [1.82, 2.24) is 29.3 Å². The van der Waals surface area contributed by atoms with E-state index >= 15 is 0 Å². The van der Waals surface area contributed by atoms with Crippen molar-refractivity contribution in [1.29, 1.82) is 5.26 Å². The van der Waals surface area contributed by atoms with Crippen molar-refractivity contribution in [2.24, 2.45) is 0 Å². The summed E-state index contributed by atoms with van der Waals surface area (Å²) in [5.74, 6) is 1.39. The molecule has 0 radical (unpaired) electrons. The van der Waals surface area contributed by atoms with Gasteiger partial charge in [0.25, 0.3) is 5.56 Å². The number of hydrogen-bond acceptors (Lipinski definition) is 10. The number of ether oxygens (including phenoxy) is 2. The summed E-state index contributed by atoms with van der Waals surface area (Å²) >= 11 is 0. The van der Waals surface area contributed by atoms with Gasteiger partial charge >= 0.3 is 12.1 Å². The maximum Gasteiger partial charge on any atom is 0.407 e. The topological polar surface area (TPSA) is 150 Å². The number of fused-ring (bicyclic) bond motifs is 2. The SMILES string of the molecule is COc1cc(-n2c(C)nc3c(N4CCN(C(=O)O)C(CC#N)C4)nc(OCC4CCCN4C)nc3c2=O)c2ccccc2c1. The average molecular weight is 599 g/mol. The van der Waals surface area contributed by atoms with Gasteiger partial charge in [-0.2, -0.15) is 15.2 Å². The first-order valence-corrected chi connectivity index (χ1v) is 14.6. The van der Waals surface area contributed by atoms with E-state index in [9.17, 15) is 20.0 Å². The number of likely N-dealkylation sites (tertiary alicyclic amines) is 1. The molecular formula is C31H34N8O5. The van der Waals surface area contributed by atoms with Crippen LogP contribution in [0.1, 0.15) is 25.1 Å². The van der Waals surface area contributed by atoms with Gasteiger partial charge in [-0.3, -0.25) is 9.36 Å². The molecule has 0 saturated carbocycles. The standard InChI is InChI=1S/C31H34N8O5/c1-19-33-26-27(29(40)39(19)25-16-23(43-3)15-20-7-4-5-9-24(20)25)34-30(44-18-22-8-6-12-36(22)2)35-28(26)37-13-14-38(31(41)42)21(17-37)10-11-32/h4-5,7,9,15-16,21-22H,6,8,10,12-14,17-18H2,1-3H3,(H,41,42). The van der Waals surface area contributed by atoms with Crippen LogP contribution < -0.4 is 19.9 Å².